The van der Waals surface area contributed by atoms with Gasteiger partial charge in [-0.25, -0.2) is 4.98 Å². The largest absolute Gasteiger partial charge is 0.490 e. The first-order chi connectivity index (χ1) is 14.5. The van der Waals surface area contributed by atoms with Crippen molar-refractivity contribution in [3.63, 3.8) is 0 Å². The summed E-state index contributed by atoms with van der Waals surface area (Å²) < 4.78 is 11.1. The van der Waals surface area contributed by atoms with Gasteiger partial charge in [-0.1, -0.05) is 12.1 Å². The molecule has 2 aromatic carbocycles. The van der Waals surface area contributed by atoms with Crippen LogP contribution in [0.5, 0.6) is 11.5 Å². The highest BCUT2D eigenvalue weighted by molar-refractivity contribution is 7.14. The summed E-state index contributed by atoms with van der Waals surface area (Å²) in [6, 6.07) is 12.4. The first kappa shape index (κ1) is 21.3. The van der Waals surface area contributed by atoms with Crippen LogP contribution in [0.4, 0.5) is 10.8 Å². The second-order valence-corrected chi connectivity index (χ2v) is 7.14. The van der Waals surface area contributed by atoms with Crippen molar-refractivity contribution in [3.8, 4) is 22.8 Å². The zero-order valence-corrected chi connectivity index (χ0v) is 17.8. The van der Waals surface area contributed by atoms with Gasteiger partial charge in [-0.15, -0.1) is 11.3 Å². The van der Waals surface area contributed by atoms with E-state index in [0.717, 1.165) is 16.9 Å². The molecule has 0 atom stereocenters. The van der Waals surface area contributed by atoms with Gasteiger partial charge in [0.1, 0.15) is 0 Å². The normalized spacial score (nSPS) is 10.4. The van der Waals surface area contributed by atoms with Crippen molar-refractivity contribution in [2.75, 3.05) is 23.8 Å². The first-order valence-corrected chi connectivity index (χ1v) is 10.4. The molecule has 3 rings (SSSR count). The number of amides is 2. The van der Waals surface area contributed by atoms with E-state index in [9.17, 15) is 9.59 Å². The lowest BCUT2D eigenvalue weighted by Crippen LogP contribution is -2.12. The Morgan fingerprint density at radius 3 is 2.33 bits per heavy atom. The number of thiazole rings is 1. The Kier molecular flexibility index (Phi) is 7.03. The van der Waals surface area contributed by atoms with Gasteiger partial charge in [-0.3, -0.25) is 14.9 Å². The van der Waals surface area contributed by atoms with E-state index >= 15 is 0 Å². The van der Waals surface area contributed by atoms with Gasteiger partial charge in [0.15, 0.2) is 16.6 Å². The Balaban J connectivity index is 1.71. The Hall–Kier alpha value is -3.39. The van der Waals surface area contributed by atoms with Crippen LogP contribution in [-0.4, -0.2) is 30.0 Å². The fourth-order valence-electron chi connectivity index (χ4n) is 2.75. The highest BCUT2D eigenvalue weighted by Crippen LogP contribution is 2.30. The number of aromatic nitrogens is 1. The molecule has 0 aliphatic rings. The molecule has 0 fully saturated rings. The molecule has 0 bridgehead atoms. The fraction of sp³-hybridized carbons (Fsp3) is 0.227. The number of nitrogens with one attached hydrogen (secondary N) is 2. The zero-order valence-electron chi connectivity index (χ0n) is 17.0. The molecule has 1 heterocycles. The van der Waals surface area contributed by atoms with Gasteiger partial charge in [0.2, 0.25) is 5.91 Å². The second-order valence-electron chi connectivity index (χ2n) is 6.28. The van der Waals surface area contributed by atoms with Crippen LogP contribution in [0.2, 0.25) is 0 Å². The summed E-state index contributed by atoms with van der Waals surface area (Å²) in [5.41, 5.74) is 2.81. The van der Waals surface area contributed by atoms with Crippen molar-refractivity contribution >= 4 is 34.0 Å². The number of carbonyl (C=O) groups is 2. The van der Waals surface area contributed by atoms with Gasteiger partial charge in [-0.05, 0) is 44.2 Å². The number of ether oxygens (including phenoxy) is 2. The van der Waals surface area contributed by atoms with Crippen molar-refractivity contribution in [1.29, 1.82) is 0 Å². The lowest BCUT2D eigenvalue weighted by molar-refractivity contribution is -0.114. The minimum Gasteiger partial charge on any atom is -0.490 e. The van der Waals surface area contributed by atoms with E-state index in [-0.39, 0.29) is 11.8 Å². The van der Waals surface area contributed by atoms with Crippen LogP contribution >= 0.6 is 11.3 Å². The average Bonchev–Trinajstić information content (AvgIpc) is 3.18. The van der Waals surface area contributed by atoms with E-state index < -0.39 is 0 Å². The van der Waals surface area contributed by atoms with E-state index in [2.05, 4.69) is 15.6 Å². The summed E-state index contributed by atoms with van der Waals surface area (Å²) in [4.78, 5) is 28.3. The van der Waals surface area contributed by atoms with Crippen molar-refractivity contribution in [3.05, 3.63) is 53.4 Å². The maximum Gasteiger partial charge on any atom is 0.257 e. The Morgan fingerprint density at radius 1 is 0.967 bits per heavy atom. The smallest absolute Gasteiger partial charge is 0.257 e. The summed E-state index contributed by atoms with van der Waals surface area (Å²) in [7, 11) is 0. The minimum atomic E-state index is -0.277. The highest BCUT2D eigenvalue weighted by atomic mass is 32.1. The molecule has 2 amide bonds. The van der Waals surface area contributed by atoms with Crippen molar-refractivity contribution in [1.82, 2.24) is 4.98 Å². The van der Waals surface area contributed by atoms with Crippen LogP contribution in [-0.2, 0) is 4.79 Å². The minimum absolute atomic E-state index is 0.122. The molecule has 3 aromatic rings. The molecule has 0 radical (unpaired) electrons. The Bertz CT molecular complexity index is 1030. The average molecular weight is 426 g/mol. The summed E-state index contributed by atoms with van der Waals surface area (Å²) in [6.45, 7) is 6.22. The number of hydrogen-bond donors (Lipinski definition) is 2. The summed E-state index contributed by atoms with van der Waals surface area (Å²) >= 11 is 1.34. The van der Waals surface area contributed by atoms with Crippen LogP contribution < -0.4 is 20.1 Å². The number of anilines is 2. The molecule has 0 spiro atoms. The third-order valence-corrected chi connectivity index (χ3v) is 4.79. The monoisotopic (exact) mass is 425 g/mol. The van der Waals surface area contributed by atoms with E-state index in [0.29, 0.717) is 35.4 Å². The molecule has 0 saturated heterocycles. The number of nitrogens with zero attached hydrogens (tertiary/aromatic N) is 1. The molecule has 0 aliphatic heterocycles. The van der Waals surface area contributed by atoms with Crippen LogP contribution in [0, 0.1) is 0 Å². The van der Waals surface area contributed by atoms with Crippen LogP contribution in [0.25, 0.3) is 11.3 Å². The van der Waals surface area contributed by atoms with E-state index in [1.807, 2.05) is 43.5 Å². The van der Waals surface area contributed by atoms with Crippen molar-refractivity contribution in [2.45, 2.75) is 20.8 Å². The molecule has 7 nitrogen and oxygen atoms in total. The first-order valence-electron chi connectivity index (χ1n) is 9.54. The molecule has 30 heavy (non-hydrogen) atoms. The van der Waals surface area contributed by atoms with Gasteiger partial charge >= 0.3 is 0 Å². The molecule has 1 aromatic heterocycles. The summed E-state index contributed by atoms with van der Waals surface area (Å²) in [6.07, 6.45) is 0. The van der Waals surface area contributed by atoms with Crippen molar-refractivity contribution < 1.29 is 19.1 Å². The molecule has 2 N–H and O–H groups in total. The Morgan fingerprint density at radius 2 is 1.67 bits per heavy atom. The standard InChI is InChI=1S/C22H23N3O4S/c1-4-28-19-11-8-16(12-20(19)29-5-2)21(27)25-22-24-18(13-30-22)15-6-9-17(10-7-15)23-14(3)26/h6-13H,4-5H2,1-3H3,(H,23,26)(H,24,25,27). The number of carbonyl (C=O) groups excluding carboxylic acids is 2. The number of hydrogen-bond acceptors (Lipinski definition) is 6. The Labute approximate surface area is 179 Å². The number of rotatable bonds is 8. The molecular formula is C22H23N3O4S. The van der Waals surface area contributed by atoms with Gasteiger partial charge in [-0.2, -0.15) is 0 Å². The van der Waals surface area contributed by atoms with Gasteiger partial charge in [0.25, 0.3) is 5.91 Å². The lowest BCUT2D eigenvalue weighted by atomic mass is 10.1. The topological polar surface area (TPSA) is 89.5 Å². The molecule has 0 unspecified atom stereocenters. The molecule has 156 valence electrons. The molecule has 0 saturated carbocycles. The lowest BCUT2D eigenvalue weighted by Gasteiger charge is -2.12. The van der Waals surface area contributed by atoms with Crippen LogP contribution in [0.3, 0.4) is 0 Å². The maximum atomic E-state index is 12.7. The fourth-order valence-corrected chi connectivity index (χ4v) is 3.47. The van der Waals surface area contributed by atoms with E-state index in [4.69, 9.17) is 9.47 Å². The van der Waals surface area contributed by atoms with Crippen LogP contribution in [0.1, 0.15) is 31.1 Å². The predicted molar refractivity (Wildman–Crippen MR) is 119 cm³/mol. The van der Waals surface area contributed by atoms with Gasteiger partial charge in [0, 0.05) is 29.1 Å². The summed E-state index contributed by atoms with van der Waals surface area (Å²) in [5.74, 6) is 0.741. The van der Waals surface area contributed by atoms with Crippen LogP contribution in [0.15, 0.2) is 47.8 Å². The van der Waals surface area contributed by atoms with Crippen molar-refractivity contribution in [2.24, 2.45) is 0 Å². The zero-order chi connectivity index (χ0) is 21.5. The quantitative estimate of drug-likeness (QED) is 0.540. The van der Waals surface area contributed by atoms with Gasteiger partial charge < -0.3 is 14.8 Å². The molecular weight excluding hydrogens is 402 g/mol. The van der Waals surface area contributed by atoms with Gasteiger partial charge in [0.05, 0.1) is 18.9 Å². The third-order valence-electron chi connectivity index (χ3n) is 4.03. The maximum absolute atomic E-state index is 12.7. The highest BCUT2D eigenvalue weighted by Gasteiger charge is 2.14. The SMILES string of the molecule is CCOc1ccc(C(=O)Nc2nc(-c3ccc(NC(C)=O)cc3)cs2)cc1OCC. The molecule has 0 aliphatic carbocycles. The van der Waals surface area contributed by atoms with E-state index in [1.54, 1.807) is 18.2 Å². The second kappa shape index (κ2) is 9.89. The third kappa shape index (κ3) is 5.36. The molecule has 8 heteroatoms. The van der Waals surface area contributed by atoms with E-state index in [1.165, 1.54) is 18.3 Å². The summed E-state index contributed by atoms with van der Waals surface area (Å²) in [5, 5.41) is 7.91. The predicted octanol–water partition coefficient (Wildman–Crippen LogP) is 4.82. The number of benzene rings is 2.